The van der Waals surface area contributed by atoms with Crippen molar-refractivity contribution in [2.24, 2.45) is 0 Å². The monoisotopic (exact) mass is 297 g/mol. The molecule has 4 rings (SSSR count). The lowest BCUT2D eigenvalue weighted by molar-refractivity contribution is 0.504. The van der Waals surface area contributed by atoms with Gasteiger partial charge in [0.25, 0.3) is 0 Å². The molecule has 1 aliphatic rings. The second-order valence-electron chi connectivity index (χ2n) is 5.58. The van der Waals surface area contributed by atoms with Crippen LogP contribution in [-0.2, 0) is 6.42 Å². The highest BCUT2D eigenvalue weighted by Gasteiger charge is 2.24. The Kier molecular flexibility index (Phi) is 2.89. The zero-order chi connectivity index (χ0) is 14.4. The normalized spacial score (nSPS) is 17.9. The summed E-state index contributed by atoms with van der Waals surface area (Å²) in [6, 6.07) is 14.6. The molecule has 0 aliphatic heterocycles. The summed E-state index contributed by atoms with van der Waals surface area (Å²) in [5.41, 5.74) is 10.9. The van der Waals surface area contributed by atoms with E-state index in [9.17, 15) is 0 Å². The topological polar surface area (TPSA) is 43.8 Å². The van der Waals surface area contributed by atoms with Gasteiger partial charge in [-0.2, -0.15) is 0 Å². The standard InChI is InChI=1S/C17H16ClN3/c18-12-8-9-14-16(10-12)21(17(19)20-14)15-7-3-5-11-4-1-2-6-13(11)15/h1-2,4,6,8-10,15H,3,5,7H2,(H2,19,20). The van der Waals surface area contributed by atoms with Crippen molar-refractivity contribution >= 4 is 28.6 Å². The Morgan fingerprint density at radius 3 is 2.95 bits per heavy atom. The Morgan fingerprint density at radius 2 is 2.05 bits per heavy atom. The third-order valence-electron chi connectivity index (χ3n) is 4.33. The van der Waals surface area contributed by atoms with Gasteiger partial charge in [-0.15, -0.1) is 0 Å². The summed E-state index contributed by atoms with van der Waals surface area (Å²) in [5, 5.41) is 0.716. The second kappa shape index (κ2) is 4.78. The first-order valence-electron chi connectivity index (χ1n) is 7.25. The van der Waals surface area contributed by atoms with Crippen molar-refractivity contribution in [1.82, 2.24) is 9.55 Å². The van der Waals surface area contributed by atoms with E-state index in [0.717, 1.165) is 23.9 Å². The van der Waals surface area contributed by atoms with Gasteiger partial charge in [0.2, 0.25) is 5.95 Å². The van der Waals surface area contributed by atoms with E-state index in [-0.39, 0.29) is 6.04 Å². The maximum absolute atomic E-state index is 6.20. The number of benzene rings is 2. The molecule has 3 aromatic rings. The molecule has 0 fully saturated rings. The van der Waals surface area contributed by atoms with Crippen LogP contribution < -0.4 is 5.73 Å². The summed E-state index contributed by atoms with van der Waals surface area (Å²) in [6.45, 7) is 0. The fraction of sp³-hybridized carbons (Fsp3) is 0.235. The van der Waals surface area contributed by atoms with Crippen molar-refractivity contribution in [2.75, 3.05) is 5.73 Å². The van der Waals surface area contributed by atoms with Gasteiger partial charge in [0.05, 0.1) is 17.1 Å². The number of anilines is 1. The average Bonchev–Trinajstić information content (AvgIpc) is 2.82. The minimum Gasteiger partial charge on any atom is -0.369 e. The second-order valence-corrected chi connectivity index (χ2v) is 6.02. The first-order chi connectivity index (χ1) is 10.2. The first-order valence-corrected chi connectivity index (χ1v) is 7.62. The Hall–Kier alpha value is -2.00. The third kappa shape index (κ3) is 2.00. The maximum atomic E-state index is 6.20. The van der Waals surface area contributed by atoms with Crippen LogP contribution in [0.1, 0.15) is 30.0 Å². The molecule has 21 heavy (non-hydrogen) atoms. The number of hydrogen-bond donors (Lipinski definition) is 1. The minimum atomic E-state index is 0.249. The minimum absolute atomic E-state index is 0.249. The number of hydrogen-bond acceptors (Lipinski definition) is 2. The predicted octanol–water partition coefficient (Wildman–Crippen LogP) is 4.20. The zero-order valence-electron chi connectivity index (χ0n) is 11.6. The molecule has 0 radical (unpaired) electrons. The first kappa shape index (κ1) is 12.7. The smallest absolute Gasteiger partial charge is 0.201 e. The molecule has 1 heterocycles. The molecule has 3 nitrogen and oxygen atoms in total. The number of halogens is 1. The van der Waals surface area contributed by atoms with Gasteiger partial charge in [0.1, 0.15) is 0 Å². The number of nitrogens with zero attached hydrogens (tertiary/aromatic N) is 2. The molecule has 1 unspecified atom stereocenters. The summed E-state index contributed by atoms with van der Waals surface area (Å²) in [6.07, 6.45) is 3.39. The van der Waals surface area contributed by atoms with Crippen molar-refractivity contribution < 1.29 is 0 Å². The van der Waals surface area contributed by atoms with Crippen LogP contribution in [0.4, 0.5) is 5.95 Å². The summed E-state index contributed by atoms with van der Waals surface area (Å²) >= 11 is 6.16. The Balaban J connectivity index is 1.95. The van der Waals surface area contributed by atoms with Crippen molar-refractivity contribution in [3.05, 3.63) is 58.6 Å². The molecule has 0 bridgehead atoms. The number of nitrogen functional groups attached to an aromatic ring is 1. The van der Waals surface area contributed by atoms with E-state index >= 15 is 0 Å². The van der Waals surface area contributed by atoms with Crippen molar-refractivity contribution in [1.29, 1.82) is 0 Å². The van der Waals surface area contributed by atoms with E-state index in [4.69, 9.17) is 17.3 Å². The van der Waals surface area contributed by atoms with Gasteiger partial charge in [-0.1, -0.05) is 35.9 Å². The average molecular weight is 298 g/mol. The lowest BCUT2D eigenvalue weighted by Gasteiger charge is -2.27. The zero-order valence-corrected chi connectivity index (χ0v) is 12.3. The summed E-state index contributed by atoms with van der Waals surface area (Å²) < 4.78 is 2.14. The lowest BCUT2D eigenvalue weighted by Crippen LogP contribution is -2.18. The van der Waals surface area contributed by atoms with Crippen LogP contribution in [0.15, 0.2) is 42.5 Å². The number of aromatic nitrogens is 2. The van der Waals surface area contributed by atoms with Gasteiger partial charge in [-0.3, -0.25) is 0 Å². The fourth-order valence-corrected chi connectivity index (χ4v) is 3.58. The highest BCUT2D eigenvalue weighted by Crippen LogP contribution is 2.37. The molecule has 2 N–H and O–H groups in total. The Bertz CT molecular complexity index is 822. The molecule has 0 saturated heterocycles. The molecular formula is C17H16ClN3. The van der Waals surface area contributed by atoms with E-state index in [0.29, 0.717) is 11.0 Å². The van der Waals surface area contributed by atoms with Crippen LogP contribution in [0.3, 0.4) is 0 Å². The third-order valence-corrected chi connectivity index (χ3v) is 4.56. The summed E-state index contributed by atoms with van der Waals surface area (Å²) in [5.74, 6) is 0.564. The van der Waals surface area contributed by atoms with E-state index in [1.807, 2.05) is 18.2 Å². The Labute approximate surface area is 128 Å². The summed E-state index contributed by atoms with van der Waals surface area (Å²) in [4.78, 5) is 4.48. The molecular weight excluding hydrogens is 282 g/mol. The molecule has 4 heteroatoms. The number of nitrogens with two attached hydrogens (primary N) is 1. The van der Waals surface area contributed by atoms with Crippen LogP contribution in [0.25, 0.3) is 11.0 Å². The van der Waals surface area contributed by atoms with Crippen molar-refractivity contribution in [3.63, 3.8) is 0 Å². The highest BCUT2D eigenvalue weighted by molar-refractivity contribution is 6.31. The molecule has 2 aromatic carbocycles. The number of rotatable bonds is 1. The van der Waals surface area contributed by atoms with E-state index in [1.54, 1.807) is 0 Å². The van der Waals surface area contributed by atoms with Crippen LogP contribution in [0, 0.1) is 0 Å². The quantitative estimate of drug-likeness (QED) is 0.731. The van der Waals surface area contributed by atoms with Crippen LogP contribution >= 0.6 is 11.6 Å². The highest BCUT2D eigenvalue weighted by atomic mass is 35.5. The number of aryl methyl sites for hydroxylation is 1. The van der Waals surface area contributed by atoms with Gasteiger partial charge in [0.15, 0.2) is 0 Å². The summed E-state index contributed by atoms with van der Waals surface area (Å²) in [7, 11) is 0. The molecule has 1 atom stereocenters. The van der Waals surface area contributed by atoms with Crippen LogP contribution in [0.2, 0.25) is 5.02 Å². The molecule has 0 spiro atoms. The van der Waals surface area contributed by atoms with E-state index < -0.39 is 0 Å². The van der Waals surface area contributed by atoms with Gasteiger partial charge in [0, 0.05) is 5.02 Å². The fourth-order valence-electron chi connectivity index (χ4n) is 3.41. The molecule has 1 aliphatic carbocycles. The molecule has 1 aromatic heterocycles. The number of imidazole rings is 1. The molecule has 0 amide bonds. The van der Waals surface area contributed by atoms with Crippen LogP contribution in [0.5, 0.6) is 0 Å². The van der Waals surface area contributed by atoms with E-state index in [2.05, 4.69) is 33.8 Å². The van der Waals surface area contributed by atoms with Crippen LogP contribution in [-0.4, -0.2) is 9.55 Å². The van der Waals surface area contributed by atoms with Gasteiger partial charge >= 0.3 is 0 Å². The van der Waals surface area contributed by atoms with Gasteiger partial charge in [-0.25, -0.2) is 4.98 Å². The largest absolute Gasteiger partial charge is 0.369 e. The maximum Gasteiger partial charge on any atom is 0.201 e. The SMILES string of the molecule is Nc1nc2ccc(Cl)cc2n1C1CCCc2ccccc21. The molecule has 106 valence electrons. The molecule has 0 saturated carbocycles. The lowest BCUT2D eigenvalue weighted by atomic mass is 9.87. The predicted molar refractivity (Wildman–Crippen MR) is 86.7 cm³/mol. The van der Waals surface area contributed by atoms with Gasteiger partial charge < -0.3 is 10.3 Å². The van der Waals surface area contributed by atoms with Gasteiger partial charge in [-0.05, 0) is 48.6 Å². The van der Waals surface area contributed by atoms with Crippen molar-refractivity contribution in [2.45, 2.75) is 25.3 Å². The van der Waals surface area contributed by atoms with Crippen molar-refractivity contribution in [3.8, 4) is 0 Å². The number of fused-ring (bicyclic) bond motifs is 2. The Morgan fingerprint density at radius 1 is 1.19 bits per heavy atom. The van der Waals surface area contributed by atoms with E-state index in [1.165, 1.54) is 17.5 Å².